The van der Waals surface area contributed by atoms with Crippen LogP contribution in [0.15, 0.2) is 11.4 Å². The lowest BCUT2D eigenvalue weighted by Crippen LogP contribution is -2.08. The molecule has 0 bridgehead atoms. The van der Waals surface area contributed by atoms with Crippen LogP contribution in [-0.4, -0.2) is 34.8 Å². The third kappa shape index (κ3) is 3.78. The van der Waals surface area contributed by atoms with Crippen molar-refractivity contribution in [3.8, 4) is 0 Å². The van der Waals surface area contributed by atoms with Gasteiger partial charge in [0.25, 0.3) is 0 Å². The Bertz CT molecular complexity index is 514. The number of fused-ring (bicyclic) bond motifs is 1. The Morgan fingerprint density at radius 2 is 2.11 bits per heavy atom. The zero-order valence-corrected chi connectivity index (χ0v) is 12.0. The Morgan fingerprint density at radius 3 is 2.89 bits per heavy atom. The number of anilines is 2. The van der Waals surface area contributed by atoms with Crippen LogP contribution in [0, 0.1) is 0 Å². The molecule has 0 atom stereocenters. The highest BCUT2D eigenvalue weighted by Gasteiger charge is 2.07. The maximum atomic E-state index is 8.74. The molecule has 0 radical (unpaired) electrons. The summed E-state index contributed by atoms with van der Waals surface area (Å²) < 4.78 is 0. The third-order valence-corrected chi connectivity index (χ3v) is 3.59. The van der Waals surface area contributed by atoms with Gasteiger partial charge in [-0.3, -0.25) is 0 Å². The predicted molar refractivity (Wildman–Crippen MR) is 81.0 cm³/mol. The maximum absolute atomic E-state index is 8.74. The molecule has 19 heavy (non-hydrogen) atoms. The molecular weight excluding hydrogens is 260 g/mol. The molecule has 0 fully saturated rings. The minimum absolute atomic E-state index is 0.271. The second kappa shape index (κ2) is 7.25. The first-order valence-corrected chi connectivity index (χ1v) is 7.57. The van der Waals surface area contributed by atoms with Crippen LogP contribution in [0.5, 0.6) is 0 Å². The number of thiophene rings is 1. The summed E-state index contributed by atoms with van der Waals surface area (Å²) in [7, 11) is 0. The van der Waals surface area contributed by atoms with Crippen LogP contribution in [0.1, 0.15) is 26.2 Å². The van der Waals surface area contributed by atoms with Crippen molar-refractivity contribution in [2.24, 2.45) is 0 Å². The molecule has 0 spiro atoms. The number of hydrogen-bond acceptors (Lipinski definition) is 6. The summed E-state index contributed by atoms with van der Waals surface area (Å²) in [5, 5.41) is 18.4. The number of rotatable bonds is 8. The highest BCUT2D eigenvalue weighted by molar-refractivity contribution is 7.16. The Morgan fingerprint density at radius 1 is 1.21 bits per heavy atom. The summed E-state index contributed by atoms with van der Waals surface area (Å²) in [6.45, 7) is 3.98. The standard InChI is InChI=1S/C13H20N4OS/c1-2-14-13-16-11(15-7-4-3-5-8-18)10-6-9-19-12(10)17-13/h6,9,18H,2-5,7-8H2,1H3,(H2,14,15,16,17). The third-order valence-electron chi connectivity index (χ3n) is 2.79. The first-order chi connectivity index (χ1) is 9.35. The van der Waals surface area contributed by atoms with Gasteiger partial charge in [0, 0.05) is 19.7 Å². The summed E-state index contributed by atoms with van der Waals surface area (Å²) in [6.07, 6.45) is 2.93. The van der Waals surface area contributed by atoms with Crippen LogP contribution in [-0.2, 0) is 0 Å². The van der Waals surface area contributed by atoms with Crippen molar-refractivity contribution >= 4 is 33.3 Å². The maximum Gasteiger partial charge on any atom is 0.226 e. The Kier molecular flexibility index (Phi) is 5.35. The number of unbranched alkanes of at least 4 members (excludes halogenated alkanes) is 2. The highest BCUT2D eigenvalue weighted by atomic mass is 32.1. The second-order valence-electron chi connectivity index (χ2n) is 4.28. The van der Waals surface area contributed by atoms with Crippen LogP contribution in [0.2, 0.25) is 0 Å². The van der Waals surface area contributed by atoms with Gasteiger partial charge in [-0.15, -0.1) is 11.3 Å². The number of aliphatic hydroxyl groups is 1. The van der Waals surface area contributed by atoms with Crippen molar-refractivity contribution in [1.82, 2.24) is 9.97 Å². The van der Waals surface area contributed by atoms with Gasteiger partial charge >= 0.3 is 0 Å². The van der Waals surface area contributed by atoms with Crippen molar-refractivity contribution in [1.29, 1.82) is 0 Å². The normalized spacial score (nSPS) is 10.8. The van der Waals surface area contributed by atoms with Crippen molar-refractivity contribution in [2.75, 3.05) is 30.3 Å². The van der Waals surface area contributed by atoms with Crippen molar-refractivity contribution in [3.63, 3.8) is 0 Å². The van der Waals surface area contributed by atoms with E-state index in [-0.39, 0.29) is 6.61 Å². The van der Waals surface area contributed by atoms with Gasteiger partial charge in [0.1, 0.15) is 10.6 Å². The SMILES string of the molecule is CCNc1nc(NCCCCCO)c2ccsc2n1. The van der Waals surface area contributed by atoms with Crippen molar-refractivity contribution < 1.29 is 5.11 Å². The number of aromatic nitrogens is 2. The lowest BCUT2D eigenvalue weighted by Gasteiger charge is -2.09. The van der Waals surface area contributed by atoms with Crippen LogP contribution in [0.4, 0.5) is 11.8 Å². The zero-order chi connectivity index (χ0) is 13.5. The van der Waals surface area contributed by atoms with E-state index >= 15 is 0 Å². The number of aliphatic hydroxyl groups excluding tert-OH is 1. The van der Waals surface area contributed by atoms with E-state index in [2.05, 4.69) is 20.6 Å². The first kappa shape index (κ1) is 14.0. The van der Waals surface area contributed by atoms with Crippen LogP contribution in [0.25, 0.3) is 10.2 Å². The summed E-state index contributed by atoms with van der Waals surface area (Å²) in [5.74, 6) is 1.57. The van der Waals surface area contributed by atoms with Crippen molar-refractivity contribution in [3.05, 3.63) is 11.4 Å². The van der Waals surface area contributed by atoms with E-state index in [1.165, 1.54) is 0 Å². The molecule has 3 N–H and O–H groups in total. The second-order valence-corrected chi connectivity index (χ2v) is 5.17. The summed E-state index contributed by atoms with van der Waals surface area (Å²) in [5.41, 5.74) is 0. The lowest BCUT2D eigenvalue weighted by atomic mass is 10.2. The summed E-state index contributed by atoms with van der Waals surface area (Å²) in [4.78, 5) is 9.97. The fourth-order valence-electron chi connectivity index (χ4n) is 1.85. The molecule has 0 aliphatic rings. The molecule has 0 unspecified atom stereocenters. The zero-order valence-electron chi connectivity index (χ0n) is 11.1. The molecule has 0 saturated heterocycles. The van der Waals surface area contributed by atoms with Crippen LogP contribution < -0.4 is 10.6 Å². The predicted octanol–water partition coefficient (Wildman–Crippen LogP) is 2.70. The average Bonchev–Trinajstić information content (AvgIpc) is 2.87. The van der Waals surface area contributed by atoms with E-state index in [4.69, 9.17) is 5.11 Å². The molecule has 6 heteroatoms. The van der Waals surface area contributed by atoms with Gasteiger partial charge in [-0.25, -0.2) is 4.98 Å². The summed E-state index contributed by atoms with van der Waals surface area (Å²) >= 11 is 1.62. The number of hydrogen-bond donors (Lipinski definition) is 3. The number of nitrogens with zero attached hydrogens (tertiary/aromatic N) is 2. The van der Waals surface area contributed by atoms with E-state index in [1.54, 1.807) is 11.3 Å². The van der Waals surface area contributed by atoms with E-state index in [9.17, 15) is 0 Å². The molecule has 2 rings (SSSR count). The largest absolute Gasteiger partial charge is 0.396 e. The molecule has 2 aromatic rings. The fraction of sp³-hybridized carbons (Fsp3) is 0.538. The molecule has 2 aromatic heterocycles. The molecule has 0 saturated carbocycles. The minimum Gasteiger partial charge on any atom is -0.396 e. The molecule has 0 aliphatic heterocycles. The fourth-order valence-corrected chi connectivity index (χ4v) is 2.61. The number of nitrogens with one attached hydrogen (secondary N) is 2. The molecule has 2 heterocycles. The quantitative estimate of drug-likeness (QED) is 0.649. The Labute approximate surface area is 117 Å². The molecule has 104 valence electrons. The van der Waals surface area contributed by atoms with E-state index in [1.807, 2.05) is 18.4 Å². The molecule has 0 aliphatic carbocycles. The van der Waals surface area contributed by atoms with Gasteiger partial charge in [-0.05, 0) is 37.6 Å². The molecule has 0 aromatic carbocycles. The smallest absolute Gasteiger partial charge is 0.226 e. The highest BCUT2D eigenvalue weighted by Crippen LogP contribution is 2.26. The monoisotopic (exact) mass is 280 g/mol. The van der Waals surface area contributed by atoms with E-state index in [0.717, 1.165) is 48.4 Å². The van der Waals surface area contributed by atoms with Gasteiger partial charge in [0.15, 0.2) is 0 Å². The van der Waals surface area contributed by atoms with Crippen molar-refractivity contribution in [2.45, 2.75) is 26.2 Å². The topological polar surface area (TPSA) is 70.1 Å². The van der Waals surface area contributed by atoms with Gasteiger partial charge in [-0.2, -0.15) is 4.98 Å². The average molecular weight is 280 g/mol. The molecule has 5 nitrogen and oxygen atoms in total. The van der Waals surface area contributed by atoms with Gasteiger partial charge in [0.05, 0.1) is 5.39 Å². The van der Waals surface area contributed by atoms with E-state index < -0.39 is 0 Å². The van der Waals surface area contributed by atoms with Crippen LogP contribution >= 0.6 is 11.3 Å². The lowest BCUT2D eigenvalue weighted by molar-refractivity contribution is 0.283. The molecule has 0 amide bonds. The first-order valence-electron chi connectivity index (χ1n) is 6.69. The van der Waals surface area contributed by atoms with E-state index in [0.29, 0.717) is 5.95 Å². The van der Waals surface area contributed by atoms with Gasteiger partial charge in [0.2, 0.25) is 5.95 Å². The van der Waals surface area contributed by atoms with Crippen LogP contribution in [0.3, 0.4) is 0 Å². The van der Waals surface area contributed by atoms with Gasteiger partial charge < -0.3 is 15.7 Å². The Balaban J connectivity index is 2.04. The molecular formula is C13H20N4OS. The Hall–Kier alpha value is -1.40. The summed E-state index contributed by atoms with van der Waals surface area (Å²) in [6, 6.07) is 2.05. The minimum atomic E-state index is 0.271. The van der Waals surface area contributed by atoms with Gasteiger partial charge in [-0.1, -0.05) is 0 Å².